The summed E-state index contributed by atoms with van der Waals surface area (Å²) in [6.07, 6.45) is 2.04. The lowest BCUT2D eigenvalue weighted by atomic mass is 10.1. The van der Waals surface area contributed by atoms with Gasteiger partial charge in [-0.05, 0) is 31.9 Å². The number of hydrogen-bond donors (Lipinski definition) is 6. The Morgan fingerprint density at radius 3 is 2.30 bits per heavy atom. The molecule has 8 N–H and O–H groups in total. The smallest absolute Gasteiger partial charge is 0.326 e. The zero-order valence-corrected chi connectivity index (χ0v) is 17.1. The molecule has 0 bridgehead atoms. The first-order valence-corrected chi connectivity index (χ1v) is 9.84. The number of carbonyl (C=O) groups is 4. The van der Waals surface area contributed by atoms with Gasteiger partial charge in [0.25, 0.3) is 0 Å². The van der Waals surface area contributed by atoms with Gasteiger partial charge in [0, 0.05) is 6.42 Å². The summed E-state index contributed by atoms with van der Waals surface area (Å²) in [4.78, 5) is 47.5. The summed E-state index contributed by atoms with van der Waals surface area (Å²) >= 11 is 0. The molecule has 3 amide bonds. The predicted molar refractivity (Wildman–Crippen MR) is 111 cm³/mol. The van der Waals surface area contributed by atoms with Crippen LogP contribution in [-0.4, -0.2) is 60.0 Å². The number of unbranched alkanes of at least 4 members (excludes halogenated alkanes) is 1. The molecular weight excluding hydrogens is 390 g/mol. The van der Waals surface area contributed by atoms with Crippen molar-refractivity contribution >= 4 is 23.7 Å². The average Bonchev–Trinajstić information content (AvgIpc) is 2.72. The van der Waals surface area contributed by atoms with Crippen LogP contribution in [0, 0.1) is 0 Å². The van der Waals surface area contributed by atoms with Crippen LogP contribution in [0.25, 0.3) is 0 Å². The van der Waals surface area contributed by atoms with E-state index in [0.29, 0.717) is 19.4 Å². The van der Waals surface area contributed by atoms with Gasteiger partial charge in [-0.1, -0.05) is 36.8 Å². The zero-order valence-electron chi connectivity index (χ0n) is 17.1. The highest BCUT2D eigenvalue weighted by atomic mass is 16.4. The third-order valence-electron chi connectivity index (χ3n) is 4.40. The molecule has 0 aliphatic rings. The molecule has 3 unspecified atom stereocenters. The Bertz CT molecular complexity index is 713. The number of rotatable bonds is 13. The maximum Gasteiger partial charge on any atom is 0.326 e. The van der Waals surface area contributed by atoms with E-state index < -0.39 is 48.4 Å². The molecule has 10 nitrogen and oxygen atoms in total. The zero-order chi connectivity index (χ0) is 22.5. The van der Waals surface area contributed by atoms with Crippen LogP contribution >= 0.6 is 0 Å². The minimum Gasteiger partial charge on any atom is -0.480 e. The topological polar surface area (TPSA) is 177 Å². The fraction of sp³-hybridized carbons (Fsp3) is 0.500. The lowest BCUT2D eigenvalue weighted by molar-refractivity contribution is -0.141. The van der Waals surface area contributed by atoms with Gasteiger partial charge in [0.2, 0.25) is 17.7 Å². The first-order chi connectivity index (χ1) is 14.2. The molecule has 30 heavy (non-hydrogen) atoms. The van der Waals surface area contributed by atoms with Crippen molar-refractivity contribution in [2.75, 3.05) is 13.1 Å². The molecule has 0 saturated heterocycles. The van der Waals surface area contributed by atoms with Crippen molar-refractivity contribution in [3.8, 4) is 0 Å². The van der Waals surface area contributed by atoms with Crippen LogP contribution in [-0.2, 0) is 25.6 Å². The summed E-state index contributed by atoms with van der Waals surface area (Å²) in [6, 6.07) is 6.10. The minimum atomic E-state index is -1.18. The summed E-state index contributed by atoms with van der Waals surface area (Å²) in [6.45, 7) is 1.57. The lowest BCUT2D eigenvalue weighted by Crippen LogP contribution is -2.52. The molecule has 1 aromatic rings. The molecular formula is C20H31N5O5. The highest BCUT2D eigenvalue weighted by molar-refractivity contribution is 5.92. The second kappa shape index (κ2) is 13.3. The third-order valence-corrected chi connectivity index (χ3v) is 4.40. The monoisotopic (exact) mass is 421 g/mol. The molecule has 3 atom stereocenters. The minimum absolute atomic E-state index is 0.115. The van der Waals surface area contributed by atoms with Crippen LogP contribution in [0.2, 0.25) is 0 Å². The van der Waals surface area contributed by atoms with E-state index in [9.17, 15) is 24.3 Å². The van der Waals surface area contributed by atoms with Crippen molar-refractivity contribution in [2.24, 2.45) is 11.5 Å². The van der Waals surface area contributed by atoms with Crippen molar-refractivity contribution in [1.82, 2.24) is 16.0 Å². The number of carboxylic acid groups (broad SMARTS) is 1. The SMILES string of the molecule is CC(NC(=O)C(N)CCCCN)C(=O)NCC(=O)NC(Cc1ccccc1)C(=O)O. The van der Waals surface area contributed by atoms with Gasteiger partial charge >= 0.3 is 5.97 Å². The van der Waals surface area contributed by atoms with Crippen molar-refractivity contribution in [3.05, 3.63) is 35.9 Å². The van der Waals surface area contributed by atoms with Crippen molar-refractivity contribution < 1.29 is 24.3 Å². The van der Waals surface area contributed by atoms with E-state index in [1.807, 2.05) is 0 Å². The first kappa shape index (κ1) is 25.1. The summed E-state index contributed by atoms with van der Waals surface area (Å²) in [5.74, 6) is -2.87. The van der Waals surface area contributed by atoms with Crippen LogP contribution in [0.5, 0.6) is 0 Å². The fourth-order valence-corrected chi connectivity index (χ4v) is 2.64. The van der Waals surface area contributed by atoms with Gasteiger partial charge in [-0.2, -0.15) is 0 Å². The number of aliphatic carboxylic acids is 1. The maximum atomic E-state index is 12.1. The quantitative estimate of drug-likeness (QED) is 0.218. The number of hydrogen-bond acceptors (Lipinski definition) is 6. The van der Waals surface area contributed by atoms with E-state index in [1.165, 1.54) is 6.92 Å². The summed E-state index contributed by atoms with van der Waals surface area (Å²) < 4.78 is 0. The Morgan fingerprint density at radius 1 is 1.03 bits per heavy atom. The Hall–Kier alpha value is -2.98. The lowest BCUT2D eigenvalue weighted by Gasteiger charge is -2.18. The molecule has 0 heterocycles. The van der Waals surface area contributed by atoms with Crippen LogP contribution < -0.4 is 27.4 Å². The number of nitrogens with one attached hydrogen (secondary N) is 3. The molecule has 1 aromatic carbocycles. The van der Waals surface area contributed by atoms with E-state index in [-0.39, 0.29) is 6.42 Å². The van der Waals surface area contributed by atoms with Crippen molar-refractivity contribution in [3.63, 3.8) is 0 Å². The van der Waals surface area contributed by atoms with E-state index in [4.69, 9.17) is 11.5 Å². The number of carboxylic acids is 1. The third kappa shape index (κ3) is 9.48. The summed E-state index contributed by atoms with van der Waals surface area (Å²) in [7, 11) is 0. The Morgan fingerprint density at radius 2 is 1.70 bits per heavy atom. The molecule has 0 fully saturated rings. The van der Waals surface area contributed by atoms with Crippen molar-refractivity contribution in [1.29, 1.82) is 0 Å². The molecule has 0 aliphatic carbocycles. The predicted octanol–water partition coefficient (Wildman–Crippen LogP) is -1.12. The van der Waals surface area contributed by atoms with Gasteiger partial charge in [-0.25, -0.2) is 4.79 Å². The molecule has 0 radical (unpaired) electrons. The number of carbonyl (C=O) groups excluding carboxylic acids is 3. The van der Waals surface area contributed by atoms with E-state index in [0.717, 1.165) is 12.0 Å². The number of amides is 3. The molecule has 1 rings (SSSR count). The Kier molecular flexibility index (Phi) is 11.1. The number of benzene rings is 1. The average molecular weight is 421 g/mol. The van der Waals surface area contributed by atoms with Gasteiger partial charge in [0.05, 0.1) is 12.6 Å². The Balaban J connectivity index is 2.43. The van der Waals surface area contributed by atoms with Gasteiger partial charge in [-0.15, -0.1) is 0 Å². The molecule has 0 aromatic heterocycles. The number of nitrogens with two attached hydrogens (primary N) is 2. The van der Waals surface area contributed by atoms with E-state index in [2.05, 4.69) is 16.0 Å². The molecule has 166 valence electrons. The highest BCUT2D eigenvalue weighted by Gasteiger charge is 2.22. The van der Waals surface area contributed by atoms with Crippen LogP contribution in [0.4, 0.5) is 0 Å². The Labute approximate surface area is 175 Å². The van der Waals surface area contributed by atoms with E-state index in [1.54, 1.807) is 30.3 Å². The molecule has 0 spiro atoms. The van der Waals surface area contributed by atoms with Gasteiger partial charge in [0.15, 0.2) is 0 Å². The van der Waals surface area contributed by atoms with Gasteiger partial charge in [0.1, 0.15) is 12.1 Å². The normalized spacial score (nSPS) is 13.6. The summed E-state index contributed by atoms with van der Waals surface area (Å²) in [5.41, 5.74) is 11.9. The second-order valence-electron chi connectivity index (χ2n) is 6.99. The largest absolute Gasteiger partial charge is 0.480 e. The fourth-order valence-electron chi connectivity index (χ4n) is 2.64. The maximum absolute atomic E-state index is 12.1. The molecule has 0 saturated carbocycles. The van der Waals surface area contributed by atoms with Crippen LogP contribution in [0.3, 0.4) is 0 Å². The van der Waals surface area contributed by atoms with Crippen molar-refractivity contribution in [2.45, 2.75) is 50.7 Å². The summed E-state index contributed by atoms with van der Waals surface area (Å²) in [5, 5.41) is 16.5. The first-order valence-electron chi connectivity index (χ1n) is 9.84. The standard InChI is InChI=1S/C20H31N5O5/c1-13(24-19(28)15(22)9-5-6-10-21)18(27)23-12-17(26)25-16(20(29)30)11-14-7-3-2-4-8-14/h2-4,7-8,13,15-16H,5-6,9-12,21-22H2,1H3,(H,23,27)(H,24,28)(H,25,26)(H,29,30). The van der Waals surface area contributed by atoms with Gasteiger partial charge < -0.3 is 32.5 Å². The van der Waals surface area contributed by atoms with Crippen LogP contribution in [0.1, 0.15) is 31.7 Å². The second-order valence-corrected chi connectivity index (χ2v) is 6.99. The van der Waals surface area contributed by atoms with Crippen LogP contribution in [0.15, 0.2) is 30.3 Å². The highest BCUT2D eigenvalue weighted by Crippen LogP contribution is 2.03. The van der Waals surface area contributed by atoms with Gasteiger partial charge in [-0.3, -0.25) is 14.4 Å². The molecule has 10 heteroatoms. The van der Waals surface area contributed by atoms with E-state index >= 15 is 0 Å². The molecule has 0 aliphatic heterocycles.